The Balaban J connectivity index is 1.75. The lowest BCUT2D eigenvalue weighted by molar-refractivity contribution is 0.301. The first-order chi connectivity index (χ1) is 9.53. The highest BCUT2D eigenvalue weighted by Gasteiger charge is 2.12. The van der Waals surface area contributed by atoms with Gasteiger partial charge in [0.05, 0.1) is 19.6 Å². The number of aromatic nitrogens is 2. The van der Waals surface area contributed by atoms with Crippen LogP contribution in [0.1, 0.15) is 32.6 Å². The Morgan fingerprint density at radius 3 is 2.50 bits per heavy atom. The van der Waals surface area contributed by atoms with Crippen LogP contribution in [-0.4, -0.2) is 22.3 Å². The van der Waals surface area contributed by atoms with Gasteiger partial charge in [-0.3, -0.25) is 0 Å². The van der Waals surface area contributed by atoms with E-state index in [0.29, 0.717) is 31.4 Å². The molecule has 0 spiro atoms. The molecule has 5 nitrogen and oxygen atoms in total. The SMILES string of the molecule is CC(C)(C)NCc1nnc(CCOc2ccccc2)o1. The second-order valence-corrected chi connectivity index (χ2v) is 5.60. The quantitative estimate of drug-likeness (QED) is 0.878. The Kier molecular flexibility index (Phi) is 4.74. The van der Waals surface area contributed by atoms with E-state index in [1.807, 2.05) is 30.3 Å². The fraction of sp³-hybridized carbons (Fsp3) is 0.467. The molecule has 1 aromatic carbocycles. The number of para-hydroxylation sites is 1. The van der Waals surface area contributed by atoms with Gasteiger partial charge >= 0.3 is 0 Å². The molecule has 0 aliphatic heterocycles. The predicted octanol–water partition coefficient (Wildman–Crippen LogP) is 2.58. The average molecular weight is 275 g/mol. The van der Waals surface area contributed by atoms with Crippen molar-refractivity contribution >= 4 is 0 Å². The maximum Gasteiger partial charge on any atom is 0.230 e. The number of ether oxygens (including phenoxy) is 1. The molecule has 2 aromatic rings. The smallest absolute Gasteiger partial charge is 0.230 e. The monoisotopic (exact) mass is 275 g/mol. The first kappa shape index (κ1) is 14.5. The first-order valence-electron chi connectivity index (χ1n) is 6.77. The minimum absolute atomic E-state index is 0.0328. The van der Waals surface area contributed by atoms with Gasteiger partial charge in [-0.15, -0.1) is 10.2 Å². The lowest BCUT2D eigenvalue weighted by Gasteiger charge is -2.18. The van der Waals surface area contributed by atoms with E-state index >= 15 is 0 Å². The highest BCUT2D eigenvalue weighted by molar-refractivity contribution is 5.20. The van der Waals surface area contributed by atoms with E-state index < -0.39 is 0 Å². The van der Waals surface area contributed by atoms with Gasteiger partial charge in [0.2, 0.25) is 11.8 Å². The zero-order valence-corrected chi connectivity index (χ0v) is 12.2. The second kappa shape index (κ2) is 6.52. The van der Waals surface area contributed by atoms with E-state index in [4.69, 9.17) is 9.15 Å². The largest absolute Gasteiger partial charge is 0.493 e. The molecule has 2 rings (SSSR count). The zero-order chi connectivity index (χ0) is 14.4. The molecule has 0 amide bonds. The van der Waals surface area contributed by atoms with Crippen LogP contribution in [0.5, 0.6) is 5.75 Å². The van der Waals surface area contributed by atoms with Crippen molar-refractivity contribution in [2.24, 2.45) is 0 Å². The fourth-order valence-electron chi connectivity index (χ4n) is 1.57. The van der Waals surface area contributed by atoms with Crippen LogP contribution in [0.15, 0.2) is 34.7 Å². The zero-order valence-electron chi connectivity index (χ0n) is 12.2. The average Bonchev–Trinajstić information content (AvgIpc) is 2.85. The number of hydrogen-bond donors (Lipinski definition) is 1. The van der Waals surface area contributed by atoms with Crippen molar-refractivity contribution in [3.8, 4) is 5.75 Å². The normalized spacial score (nSPS) is 11.6. The lowest BCUT2D eigenvalue weighted by atomic mass is 10.1. The summed E-state index contributed by atoms with van der Waals surface area (Å²) in [5, 5.41) is 11.3. The van der Waals surface area contributed by atoms with Crippen LogP contribution in [0.3, 0.4) is 0 Å². The van der Waals surface area contributed by atoms with Gasteiger partial charge in [-0.1, -0.05) is 18.2 Å². The topological polar surface area (TPSA) is 60.2 Å². The molecule has 0 bridgehead atoms. The number of nitrogens with zero attached hydrogens (tertiary/aromatic N) is 2. The van der Waals surface area contributed by atoms with Crippen LogP contribution in [0, 0.1) is 0 Å². The first-order valence-corrected chi connectivity index (χ1v) is 6.77. The molecule has 0 fully saturated rings. The van der Waals surface area contributed by atoms with Crippen LogP contribution in [0.2, 0.25) is 0 Å². The second-order valence-electron chi connectivity index (χ2n) is 5.60. The highest BCUT2D eigenvalue weighted by atomic mass is 16.5. The van der Waals surface area contributed by atoms with E-state index in [0.717, 1.165) is 5.75 Å². The molecule has 0 radical (unpaired) electrons. The number of rotatable bonds is 6. The van der Waals surface area contributed by atoms with Crippen LogP contribution in [-0.2, 0) is 13.0 Å². The summed E-state index contributed by atoms with van der Waals surface area (Å²) in [4.78, 5) is 0. The van der Waals surface area contributed by atoms with Gasteiger partial charge in [0, 0.05) is 5.54 Å². The van der Waals surface area contributed by atoms with Crippen LogP contribution < -0.4 is 10.1 Å². The van der Waals surface area contributed by atoms with Gasteiger partial charge < -0.3 is 14.5 Å². The van der Waals surface area contributed by atoms with E-state index in [9.17, 15) is 0 Å². The van der Waals surface area contributed by atoms with Crippen LogP contribution in [0.4, 0.5) is 0 Å². The third-order valence-corrected chi connectivity index (χ3v) is 2.61. The molecule has 1 heterocycles. The molecule has 0 aliphatic carbocycles. The summed E-state index contributed by atoms with van der Waals surface area (Å²) < 4.78 is 11.1. The van der Waals surface area contributed by atoms with Crippen molar-refractivity contribution in [1.29, 1.82) is 0 Å². The van der Waals surface area contributed by atoms with Gasteiger partial charge in [-0.2, -0.15) is 0 Å². The number of nitrogens with one attached hydrogen (secondary N) is 1. The summed E-state index contributed by atoms with van der Waals surface area (Å²) in [7, 11) is 0. The third kappa shape index (κ3) is 5.01. The van der Waals surface area contributed by atoms with Crippen molar-refractivity contribution in [3.63, 3.8) is 0 Å². The Labute approximate surface area is 119 Å². The Bertz CT molecular complexity index is 517. The fourth-order valence-corrected chi connectivity index (χ4v) is 1.57. The molecule has 1 N–H and O–H groups in total. The summed E-state index contributed by atoms with van der Waals surface area (Å²) in [5.41, 5.74) is 0.0328. The predicted molar refractivity (Wildman–Crippen MR) is 76.5 cm³/mol. The minimum Gasteiger partial charge on any atom is -0.493 e. The molecular formula is C15H21N3O2. The molecule has 0 unspecified atom stereocenters. The molecule has 0 aliphatic rings. The Morgan fingerprint density at radius 1 is 1.10 bits per heavy atom. The molecule has 0 atom stereocenters. The number of benzene rings is 1. The molecule has 0 saturated carbocycles. The lowest BCUT2D eigenvalue weighted by Crippen LogP contribution is -2.35. The van der Waals surface area contributed by atoms with Gasteiger partial charge in [0.15, 0.2) is 0 Å². The maximum absolute atomic E-state index is 5.59. The maximum atomic E-state index is 5.59. The Morgan fingerprint density at radius 2 is 1.80 bits per heavy atom. The third-order valence-electron chi connectivity index (χ3n) is 2.61. The van der Waals surface area contributed by atoms with Gasteiger partial charge in [-0.05, 0) is 32.9 Å². The summed E-state index contributed by atoms with van der Waals surface area (Å²) in [5.74, 6) is 2.06. The van der Waals surface area contributed by atoms with Crippen molar-refractivity contribution in [1.82, 2.24) is 15.5 Å². The summed E-state index contributed by atoms with van der Waals surface area (Å²) in [6.45, 7) is 7.39. The van der Waals surface area contributed by atoms with E-state index in [-0.39, 0.29) is 5.54 Å². The van der Waals surface area contributed by atoms with E-state index in [1.54, 1.807) is 0 Å². The summed E-state index contributed by atoms with van der Waals surface area (Å²) >= 11 is 0. The Hall–Kier alpha value is -1.88. The van der Waals surface area contributed by atoms with Crippen molar-refractivity contribution in [3.05, 3.63) is 42.1 Å². The van der Waals surface area contributed by atoms with Gasteiger partial charge in [-0.25, -0.2) is 0 Å². The van der Waals surface area contributed by atoms with E-state index in [1.165, 1.54) is 0 Å². The molecule has 108 valence electrons. The number of hydrogen-bond acceptors (Lipinski definition) is 5. The molecular weight excluding hydrogens is 254 g/mol. The van der Waals surface area contributed by atoms with Crippen LogP contribution >= 0.6 is 0 Å². The van der Waals surface area contributed by atoms with Crippen molar-refractivity contribution < 1.29 is 9.15 Å². The van der Waals surface area contributed by atoms with Gasteiger partial charge in [0.25, 0.3) is 0 Å². The summed E-state index contributed by atoms with van der Waals surface area (Å²) in [6, 6.07) is 9.69. The van der Waals surface area contributed by atoms with Gasteiger partial charge in [0.1, 0.15) is 5.75 Å². The molecule has 0 saturated heterocycles. The molecule has 20 heavy (non-hydrogen) atoms. The standard InChI is InChI=1S/C15H21N3O2/c1-15(2,3)16-11-14-18-17-13(20-14)9-10-19-12-7-5-4-6-8-12/h4-8,16H,9-11H2,1-3H3. The van der Waals surface area contributed by atoms with E-state index in [2.05, 4.69) is 36.3 Å². The highest BCUT2D eigenvalue weighted by Crippen LogP contribution is 2.09. The molecule has 5 heteroatoms. The van der Waals surface area contributed by atoms with Crippen LogP contribution in [0.25, 0.3) is 0 Å². The minimum atomic E-state index is 0.0328. The summed E-state index contributed by atoms with van der Waals surface area (Å²) in [6.07, 6.45) is 0.609. The van der Waals surface area contributed by atoms with Crippen molar-refractivity contribution in [2.75, 3.05) is 6.61 Å². The molecule has 1 aromatic heterocycles. The van der Waals surface area contributed by atoms with Crippen molar-refractivity contribution in [2.45, 2.75) is 39.3 Å².